The molecular weight excluding hydrogens is 249 g/mol. The summed E-state index contributed by atoms with van der Waals surface area (Å²) in [4.78, 5) is 11.5. The molecule has 0 aromatic heterocycles. The van der Waals surface area contributed by atoms with Crippen LogP contribution >= 0.6 is 0 Å². The van der Waals surface area contributed by atoms with E-state index in [2.05, 4.69) is 22.2 Å². The van der Waals surface area contributed by atoms with Gasteiger partial charge in [0.25, 0.3) is 5.91 Å². The normalized spacial score (nSPS) is 15.7. The van der Waals surface area contributed by atoms with Gasteiger partial charge in [0.15, 0.2) is 6.17 Å². The number of alkyl halides is 1. The molecule has 0 radical (unpaired) electrons. The summed E-state index contributed by atoms with van der Waals surface area (Å²) in [5.74, 6) is -0.225. The van der Waals surface area contributed by atoms with E-state index < -0.39 is 6.17 Å². The Balaban J connectivity index is 2.08. The number of rotatable bonds is 4. The Labute approximate surface area is 110 Å². The molecule has 1 aliphatic rings. The van der Waals surface area contributed by atoms with Gasteiger partial charge in [-0.15, -0.1) is 5.10 Å². The van der Waals surface area contributed by atoms with Crippen molar-refractivity contribution in [3.63, 3.8) is 0 Å². The van der Waals surface area contributed by atoms with Crippen LogP contribution in [0.3, 0.4) is 0 Å². The topological polar surface area (TPSA) is 63.1 Å². The molecule has 1 aromatic rings. The van der Waals surface area contributed by atoms with Crippen LogP contribution in [-0.4, -0.2) is 24.7 Å². The number of fused-ring (bicyclic) bond motifs is 1. The summed E-state index contributed by atoms with van der Waals surface area (Å²) in [6.07, 6.45) is -1.36. The smallest absolute Gasteiger partial charge is 0.251 e. The Morgan fingerprint density at radius 2 is 2.42 bits per heavy atom. The van der Waals surface area contributed by atoms with Crippen molar-refractivity contribution in [2.75, 3.05) is 0 Å². The van der Waals surface area contributed by atoms with Gasteiger partial charge in [-0.25, -0.2) is 4.39 Å². The van der Waals surface area contributed by atoms with E-state index in [4.69, 9.17) is 4.74 Å². The van der Waals surface area contributed by atoms with Crippen molar-refractivity contribution in [2.24, 2.45) is 10.2 Å². The van der Waals surface area contributed by atoms with Crippen molar-refractivity contribution >= 4 is 18.5 Å². The van der Waals surface area contributed by atoms with Gasteiger partial charge in [0.05, 0.1) is 0 Å². The van der Waals surface area contributed by atoms with Crippen LogP contribution in [0.15, 0.2) is 28.4 Å². The molecule has 0 spiro atoms. The minimum absolute atomic E-state index is 0.0997. The second kappa shape index (κ2) is 5.60. The van der Waals surface area contributed by atoms with Gasteiger partial charge < -0.3 is 10.1 Å². The number of ether oxygens (including phenoxy) is 1. The first-order valence-electron chi connectivity index (χ1n) is 5.82. The third-order valence-electron chi connectivity index (χ3n) is 2.75. The van der Waals surface area contributed by atoms with Crippen LogP contribution in [0.25, 0.3) is 0 Å². The van der Waals surface area contributed by atoms with Crippen LogP contribution in [0.4, 0.5) is 4.39 Å². The highest BCUT2D eigenvalue weighted by atomic mass is 19.1. The van der Waals surface area contributed by atoms with Crippen molar-refractivity contribution in [3.05, 3.63) is 34.9 Å². The Morgan fingerprint density at radius 3 is 3.11 bits per heavy atom. The van der Waals surface area contributed by atoms with E-state index in [-0.39, 0.29) is 18.4 Å². The molecule has 1 aromatic carbocycles. The van der Waals surface area contributed by atoms with E-state index in [1.807, 2.05) is 12.1 Å². The average molecular weight is 263 g/mol. The van der Waals surface area contributed by atoms with Gasteiger partial charge in [-0.3, -0.25) is 4.79 Å². The summed E-state index contributed by atoms with van der Waals surface area (Å²) in [5, 5.41) is 9.46. The number of nitrogens with zero attached hydrogens (tertiary/aromatic N) is 2. The van der Waals surface area contributed by atoms with Gasteiger partial charge in [-0.05, 0) is 24.1 Å². The Morgan fingerprint density at radius 1 is 1.63 bits per heavy atom. The molecule has 5 nitrogen and oxygen atoms in total. The molecule has 0 fully saturated rings. The first-order valence-corrected chi connectivity index (χ1v) is 5.82. The number of carbonyl (C=O) groups is 1. The number of hydrogen-bond donors (Lipinski definition) is 1. The quantitative estimate of drug-likeness (QED) is 0.511. The molecule has 1 aliphatic heterocycles. The van der Waals surface area contributed by atoms with E-state index >= 15 is 0 Å². The molecule has 6 heteroatoms. The molecule has 1 N–H and O–H groups in total. The fraction of sp³-hybridized carbons (Fsp3) is 0.308. The molecule has 1 unspecified atom stereocenters. The van der Waals surface area contributed by atoms with Crippen LogP contribution in [0.1, 0.15) is 28.4 Å². The molecule has 0 bridgehead atoms. The highest BCUT2D eigenvalue weighted by Gasteiger charge is 2.19. The molecular formula is C13H14FN3O2. The van der Waals surface area contributed by atoms with Crippen LogP contribution in [0, 0.1) is 0 Å². The monoisotopic (exact) mass is 263 g/mol. The second-order valence-corrected chi connectivity index (χ2v) is 4.16. The Bertz CT molecular complexity index is 541. The Kier molecular flexibility index (Phi) is 3.89. The zero-order chi connectivity index (χ0) is 13.8. The van der Waals surface area contributed by atoms with Gasteiger partial charge in [-0.2, -0.15) is 5.10 Å². The molecule has 1 heterocycles. The van der Waals surface area contributed by atoms with E-state index in [0.29, 0.717) is 12.1 Å². The maximum Gasteiger partial charge on any atom is 0.251 e. The van der Waals surface area contributed by atoms with E-state index in [1.165, 1.54) is 6.92 Å². The number of halogens is 1. The number of amides is 1. The lowest BCUT2D eigenvalue weighted by molar-refractivity contribution is 0.0965. The molecule has 0 aliphatic carbocycles. The summed E-state index contributed by atoms with van der Waals surface area (Å²) in [5.41, 5.74) is 2.36. The van der Waals surface area contributed by atoms with Crippen molar-refractivity contribution in [1.29, 1.82) is 0 Å². The van der Waals surface area contributed by atoms with E-state index in [0.717, 1.165) is 11.1 Å². The second-order valence-electron chi connectivity index (χ2n) is 4.16. The number of nitrogens with one attached hydrogen (secondary N) is 1. The lowest BCUT2D eigenvalue weighted by atomic mass is 10.1. The number of hydrogen-bond acceptors (Lipinski definition) is 4. The van der Waals surface area contributed by atoms with Crippen LogP contribution in [0.2, 0.25) is 0 Å². The summed E-state index contributed by atoms with van der Waals surface area (Å²) < 4.78 is 18.4. The lowest BCUT2D eigenvalue weighted by Crippen LogP contribution is -2.16. The van der Waals surface area contributed by atoms with Crippen molar-refractivity contribution < 1.29 is 13.9 Å². The number of carbonyl (C=O) groups excluding carboxylic acids is 1. The lowest BCUT2D eigenvalue weighted by Gasteiger charge is -2.09. The minimum Gasteiger partial charge on any atom is -0.473 e. The van der Waals surface area contributed by atoms with E-state index in [9.17, 15) is 9.18 Å². The third kappa shape index (κ3) is 2.96. The first-order chi connectivity index (χ1) is 9.11. The maximum absolute atomic E-state index is 13.1. The number of benzene rings is 1. The molecule has 1 atom stereocenters. The molecule has 2 rings (SSSR count). The van der Waals surface area contributed by atoms with Crippen LogP contribution in [0.5, 0.6) is 0 Å². The Hall–Kier alpha value is -2.24. The molecule has 1 amide bonds. The van der Waals surface area contributed by atoms with Crippen molar-refractivity contribution in [3.8, 4) is 0 Å². The van der Waals surface area contributed by atoms with Gasteiger partial charge >= 0.3 is 0 Å². The highest BCUT2D eigenvalue weighted by Crippen LogP contribution is 2.18. The van der Waals surface area contributed by atoms with Gasteiger partial charge in [0.2, 0.25) is 5.90 Å². The van der Waals surface area contributed by atoms with Gasteiger partial charge in [0, 0.05) is 18.8 Å². The summed E-state index contributed by atoms with van der Waals surface area (Å²) in [6.45, 7) is 5.14. The maximum atomic E-state index is 13.1. The van der Waals surface area contributed by atoms with Crippen LogP contribution < -0.4 is 5.32 Å². The van der Waals surface area contributed by atoms with Crippen molar-refractivity contribution in [1.82, 2.24) is 5.32 Å². The zero-order valence-electron chi connectivity index (χ0n) is 10.5. The zero-order valence-corrected chi connectivity index (χ0v) is 10.5. The SMILES string of the molecule is C=N/N=C(\OCc1ccc2c(c1)C(=O)NC2)C(C)F. The fourth-order valence-electron chi connectivity index (χ4n) is 1.80. The molecule has 0 saturated carbocycles. The summed E-state index contributed by atoms with van der Waals surface area (Å²) in [6, 6.07) is 5.42. The average Bonchev–Trinajstić information content (AvgIpc) is 2.76. The molecule has 0 saturated heterocycles. The van der Waals surface area contributed by atoms with Gasteiger partial charge in [-0.1, -0.05) is 12.1 Å². The summed E-state index contributed by atoms with van der Waals surface area (Å²) >= 11 is 0. The predicted molar refractivity (Wildman–Crippen MR) is 70.0 cm³/mol. The molecule has 19 heavy (non-hydrogen) atoms. The molecule has 100 valence electrons. The largest absolute Gasteiger partial charge is 0.473 e. The predicted octanol–water partition coefficient (Wildman–Crippen LogP) is 1.82. The van der Waals surface area contributed by atoms with Crippen LogP contribution in [-0.2, 0) is 17.9 Å². The van der Waals surface area contributed by atoms with Crippen molar-refractivity contribution in [2.45, 2.75) is 26.2 Å². The first kappa shape index (κ1) is 13.2. The van der Waals surface area contributed by atoms with E-state index in [1.54, 1.807) is 6.07 Å². The summed E-state index contributed by atoms with van der Waals surface area (Å²) in [7, 11) is 0. The third-order valence-corrected chi connectivity index (χ3v) is 2.75. The fourth-order valence-corrected chi connectivity index (χ4v) is 1.80. The standard InChI is InChI=1S/C13H14FN3O2/c1-8(14)13(17-15-2)19-7-9-3-4-10-6-16-12(18)11(10)5-9/h3-5,8H,2,6-7H2,1H3,(H,16,18)/b17-13-. The minimum atomic E-state index is -1.36. The highest BCUT2D eigenvalue weighted by molar-refractivity contribution is 5.98. The van der Waals surface area contributed by atoms with Gasteiger partial charge in [0.1, 0.15) is 6.61 Å².